The molecule has 1 aromatic rings. The van der Waals surface area contributed by atoms with Crippen LogP contribution in [0.15, 0.2) is 18.2 Å². The maximum Gasteiger partial charge on any atom is 0.160 e. The Hall–Kier alpha value is -1.42. The molecule has 2 unspecified atom stereocenters. The van der Waals surface area contributed by atoms with Crippen molar-refractivity contribution in [3.63, 3.8) is 0 Å². The molecular weight excluding hydrogens is 266 g/mol. The number of benzene rings is 1. The van der Waals surface area contributed by atoms with Gasteiger partial charge in [0.25, 0.3) is 0 Å². The highest BCUT2D eigenvalue weighted by atomic mass is 16.5. The summed E-state index contributed by atoms with van der Waals surface area (Å²) in [5.74, 6) is 1.21. The lowest BCUT2D eigenvalue weighted by Crippen LogP contribution is -2.58. The fourth-order valence-electron chi connectivity index (χ4n) is 2.70. The number of aromatic hydroxyl groups is 1. The van der Waals surface area contributed by atoms with E-state index < -0.39 is 0 Å². The van der Waals surface area contributed by atoms with E-state index in [2.05, 4.69) is 33.0 Å². The molecule has 21 heavy (non-hydrogen) atoms. The van der Waals surface area contributed by atoms with Crippen LogP contribution in [0.5, 0.6) is 11.5 Å². The van der Waals surface area contributed by atoms with E-state index in [0.29, 0.717) is 23.8 Å². The second kappa shape index (κ2) is 6.14. The average Bonchev–Trinajstić information content (AvgIpc) is 2.41. The van der Waals surface area contributed by atoms with Gasteiger partial charge in [0, 0.05) is 29.8 Å². The molecule has 0 aromatic heterocycles. The Kier molecular flexibility index (Phi) is 4.67. The topological polar surface area (TPSA) is 50.7 Å². The summed E-state index contributed by atoms with van der Waals surface area (Å²) in [5.41, 5.74) is 0.999. The van der Waals surface area contributed by atoms with Crippen LogP contribution in [-0.2, 0) is 4.74 Å². The third-order valence-corrected chi connectivity index (χ3v) is 4.33. The van der Waals surface area contributed by atoms with Crippen molar-refractivity contribution in [2.45, 2.75) is 46.3 Å². The first kappa shape index (κ1) is 16.0. The van der Waals surface area contributed by atoms with Gasteiger partial charge in [0.1, 0.15) is 0 Å². The number of nitrogens with one attached hydrogen (secondary N) is 1. The van der Waals surface area contributed by atoms with Crippen LogP contribution in [0.2, 0.25) is 0 Å². The number of hydrogen-bond donors (Lipinski definition) is 2. The van der Waals surface area contributed by atoms with E-state index in [-0.39, 0.29) is 11.2 Å². The Morgan fingerprint density at radius 3 is 2.62 bits per heavy atom. The van der Waals surface area contributed by atoms with Crippen LogP contribution in [0.25, 0.3) is 0 Å². The summed E-state index contributed by atoms with van der Waals surface area (Å²) in [6, 6.07) is 5.76. The van der Waals surface area contributed by atoms with Gasteiger partial charge in [-0.05, 0) is 24.5 Å². The number of phenolic OH excluding ortho intramolecular Hbond substituents is 1. The summed E-state index contributed by atoms with van der Waals surface area (Å²) in [6.07, 6.45) is 1.29. The average molecular weight is 293 g/mol. The fourth-order valence-corrected chi connectivity index (χ4v) is 2.70. The molecule has 4 nitrogen and oxygen atoms in total. The number of hydrogen-bond acceptors (Lipinski definition) is 4. The van der Waals surface area contributed by atoms with Crippen LogP contribution in [0, 0.1) is 11.3 Å². The van der Waals surface area contributed by atoms with Gasteiger partial charge in [-0.15, -0.1) is 0 Å². The molecule has 2 atom stereocenters. The molecular formula is C17H27NO3. The van der Waals surface area contributed by atoms with Crippen molar-refractivity contribution < 1.29 is 14.6 Å². The molecule has 0 radical (unpaired) electrons. The van der Waals surface area contributed by atoms with Crippen molar-refractivity contribution in [2.24, 2.45) is 11.3 Å². The molecule has 118 valence electrons. The number of phenols is 1. The molecule has 1 saturated carbocycles. The Balaban J connectivity index is 1.94. The third kappa shape index (κ3) is 3.43. The van der Waals surface area contributed by atoms with Gasteiger partial charge in [0.15, 0.2) is 11.5 Å². The maximum absolute atomic E-state index is 9.83. The van der Waals surface area contributed by atoms with Crippen LogP contribution in [0.3, 0.4) is 0 Å². The van der Waals surface area contributed by atoms with Crippen molar-refractivity contribution in [1.29, 1.82) is 0 Å². The van der Waals surface area contributed by atoms with E-state index in [1.54, 1.807) is 19.2 Å². The highest BCUT2D eigenvalue weighted by molar-refractivity contribution is 5.55. The highest BCUT2D eigenvalue weighted by Gasteiger charge is 2.49. The lowest BCUT2D eigenvalue weighted by atomic mass is 9.64. The van der Waals surface area contributed by atoms with E-state index in [1.807, 2.05) is 6.07 Å². The van der Waals surface area contributed by atoms with Gasteiger partial charge in [0.2, 0.25) is 0 Å². The molecule has 2 rings (SSSR count). The minimum atomic E-state index is 0.0877. The second-order valence-electron chi connectivity index (χ2n) is 6.86. The summed E-state index contributed by atoms with van der Waals surface area (Å²) in [6.45, 7) is 9.60. The largest absolute Gasteiger partial charge is 0.504 e. The molecule has 1 fully saturated rings. The van der Waals surface area contributed by atoms with Crippen LogP contribution in [0.4, 0.5) is 5.69 Å². The molecule has 0 amide bonds. The van der Waals surface area contributed by atoms with Crippen LogP contribution in [-0.4, -0.2) is 31.0 Å². The van der Waals surface area contributed by atoms with Crippen LogP contribution in [0.1, 0.15) is 34.1 Å². The SMILES string of the molecule is COc1ccc(NC2CC(OCC(C)C)C2(C)C)cc1O. The standard InChI is InChI=1S/C17H27NO3/c1-11(2)10-21-16-9-15(17(16,3)4)18-12-6-7-14(20-5)13(19)8-12/h6-8,11,15-16,18-19H,9-10H2,1-5H3. The van der Waals surface area contributed by atoms with E-state index in [0.717, 1.165) is 18.7 Å². The van der Waals surface area contributed by atoms with Gasteiger partial charge in [-0.2, -0.15) is 0 Å². The summed E-state index contributed by atoms with van der Waals surface area (Å²) in [7, 11) is 1.55. The molecule has 1 aromatic carbocycles. The summed E-state index contributed by atoms with van der Waals surface area (Å²) >= 11 is 0. The summed E-state index contributed by atoms with van der Waals surface area (Å²) in [5, 5.41) is 13.3. The van der Waals surface area contributed by atoms with Crippen molar-refractivity contribution in [1.82, 2.24) is 0 Å². The smallest absolute Gasteiger partial charge is 0.160 e. The molecule has 1 aliphatic carbocycles. The first-order valence-electron chi connectivity index (χ1n) is 7.59. The Bertz CT molecular complexity index is 485. The van der Waals surface area contributed by atoms with Gasteiger partial charge in [-0.1, -0.05) is 27.7 Å². The first-order valence-corrected chi connectivity index (χ1v) is 7.59. The van der Waals surface area contributed by atoms with Gasteiger partial charge < -0.3 is 19.9 Å². The lowest BCUT2D eigenvalue weighted by Gasteiger charge is -2.52. The predicted octanol–water partition coefficient (Wildman–Crippen LogP) is 3.65. The molecule has 1 aliphatic rings. The van der Waals surface area contributed by atoms with E-state index in [9.17, 15) is 5.11 Å². The van der Waals surface area contributed by atoms with Gasteiger partial charge in [-0.3, -0.25) is 0 Å². The minimum Gasteiger partial charge on any atom is -0.504 e. The minimum absolute atomic E-state index is 0.0877. The Morgan fingerprint density at radius 2 is 2.10 bits per heavy atom. The Labute approximate surface area is 127 Å². The molecule has 0 aliphatic heterocycles. The van der Waals surface area contributed by atoms with E-state index in [4.69, 9.17) is 9.47 Å². The number of methoxy groups -OCH3 is 1. The molecule has 4 heteroatoms. The molecule has 0 heterocycles. The number of ether oxygens (including phenoxy) is 2. The zero-order chi connectivity index (χ0) is 15.6. The maximum atomic E-state index is 9.83. The normalized spacial score (nSPS) is 23.7. The molecule has 0 saturated heterocycles. The molecule has 2 N–H and O–H groups in total. The van der Waals surface area contributed by atoms with Gasteiger partial charge in [0.05, 0.1) is 13.2 Å². The zero-order valence-electron chi connectivity index (χ0n) is 13.6. The van der Waals surface area contributed by atoms with Crippen LogP contribution < -0.4 is 10.1 Å². The van der Waals surface area contributed by atoms with E-state index in [1.165, 1.54) is 0 Å². The zero-order valence-corrected chi connectivity index (χ0v) is 13.6. The first-order chi connectivity index (χ1) is 9.84. The van der Waals surface area contributed by atoms with Crippen molar-refractivity contribution in [3.05, 3.63) is 18.2 Å². The van der Waals surface area contributed by atoms with Crippen molar-refractivity contribution in [2.75, 3.05) is 19.0 Å². The predicted molar refractivity (Wildman–Crippen MR) is 85.0 cm³/mol. The quantitative estimate of drug-likeness (QED) is 0.840. The third-order valence-electron chi connectivity index (χ3n) is 4.33. The number of rotatable bonds is 6. The van der Waals surface area contributed by atoms with Gasteiger partial charge in [-0.25, -0.2) is 0 Å². The van der Waals surface area contributed by atoms with Crippen LogP contribution >= 0.6 is 0 Å². The number of anilines is 1. The second-order valence-corrected chi connectivity index (χ2v) is 6.86. The lowest BCUT2D eigenvalue weighted by molar-refractivity contribution is -0.108. The van der Waals surface area contributed by atoms with E-state index >= 15 is 0 Å². The summed E-state index contributed by atoms with van der Waals surface area (Å²) < 4.78 is 11.0. The monoisotopic (exact) mass is 293 g/mol. The van der Waals surface area contributed by atoms with Crippen molar-refractivity contribution in [3.8, 4) is 11.5 Å². The van der Waals surface area contributed by atoms with Crippen molar-refractivity contribution >= 4 is 5.69 Å². The van der Waals surface area contributed by atoms with Gasteiger partial charge >= 0.3 is 0 Å². The molecule has 0 spiro atoms. The molecule has 0 bridgehead atoms. The summed E-state index contributed by atoms with van der Waals surface area (Å²) in [4.78, 5) is 0. The highest BCUT2D eigenvalue weighted by Crippen LogP contribution is 2.45. The Morgan fingerprint density at radius 1 is 1.38 bits per heavy atom. The fraction of sp³-hybridized carbons (Fsp3) is 0.647.